The quantitative estimate of drug-likeness (QED) is 0.558. The molecule has 1 aromatic rings. The van der Waals surface area contributed by atoms with Crippen molar-refractivity contribution >= 4 is 27.6 Å². The molecule has 0 fully saturated rings. The van der Waals surface area contributed by atoms with Crippen LogP contribution in [0.25, 0.3) is 4.85 Å². The fraction of sp³-hybridized carbons (Fsp3) is 0.111. The van der Waals surface area contributed by atoms with Crippen LogP contribution in [-0.4, -0.2) is 13.1 Å². The highest BCUT2D eigenvalue weighted by Gasteiger charge is 2.11. The number of halogens is 1. The van der Waals surface area contributed by atoms with Crippen molar-refractivity contribution in [2.45, 2.75) is 0 Å². The number of hydrogen-bond donors (Lipinski definition) is 0. The summed E-state index contributed by atoms with van der Waals surface area (Å²) >= 11 is 3.21. The largest absolute Gasteiger partial charge is 0.466 e. The van der Waals surface area contributed by atoms with Crippen molar-refractivity contribution in [2.75, 3.05) is 7.11 Å². The van der Waals surface area contributed by atoms with Crippen molar-refractivity contribution in [2.24, 2.45) is 0 Å². The van der Waals surface area contributed by atoms with Crippen LogP contribution in [0, 0.1) is 6.57 Å². The van der Waals surface area contributed by atoms with E-state index in [4.69, 9.17) is 6.57 Å². The minimum atomic E-state index is -0.493. The van der Waals surface area contributed by atoms with Crippen LogP contribution in [0.2, 0.25) is 0 Å². The number of rotatable bonds is 1. The Bertz CT molecular complexity index is 382. The van der Waals surface area contributed by atoms with Gasteiger partial charge in [-0.15, -0.1) is 0 Å². The van der Waals surface area contributed by atoms with Gasteiger partial charge in [-0.3, -0.25) is 0 Å². The molecule has 3 nitrogen and oxygen atoms in total. The fourth-order valence-corrected chi connectivity index (χ4v) is 1.24. The van der Waals surface area contributed by atoms with E-state index in [1.807, 2.05) is 0 Å². The van der Waals surface area contributed by atoms with E-state index in [1.54, 1.807) is 18.2 Å². The Balaban J connectivity index is 3.25. The second-order valence-electron chi connectivity index (χ2n) is 2.26. The molecule has 0 heterocycles. The molecule has 4 heteroatoms. The van der Waals surface area contributed by atoms with Gasteiger partial charge in [-0.1, -0.05) is 28.1 Å². The first-order valence-electron chi connectivity index (χ1n) is 3.44. The Morgan fingerprint density at radius 3 is 2.85 bits per heavy atom. The van der Waals surface area contributed by atoms with Crippen molar-refractivity contribution in [1.82, 2.24) is 0 Å². The van der Waals surface area contributed by atoms with Gasteiger partial charge in [0.05, 0.1) is 19.2 Å². The van der Waals surface area contributed by atoms with Crippen LogP contribution in [0.3, 0.4) is 0 Å². The van der Waals surface area contributed by atoms with Gasteiger partial charge in [-0.25, -0.2) is 9.64 Å². The number of carbonyl (C=O) groups is 1. The van der Waals surface area contributed by atoms with Crippen molar-refractivity contribution in [3.8, 4) is 0 Å². The van der Waals surface area contributed by atoms with E-state index in [2.05, 4.69) is 25.5 Å². The second kappa shape index (κ2) is 4.06. The van der Waals surface area contributed by atoms with Crippen LogP contribution in [-0.2, 0) is 4.74 Å². The molecule has 0 N–H and O–H groups in total. The van der Waals surface area contributed by atoms with E-state index in [0.717, 1.165) is 4.47 Å². The summed E-state index contributed by atoms with van der Waals surface area (Å²) in [5.74, 6) is -0.493. The standard InChI is InChI=1S/C9H6BrNO2/c1-11-8-4-3-6(10)5-7(8)9(12)13-2/h3-5H,2H3. The number of benzene rings is 1. The molecular formula is C9H6BrNO2. The average molecular weight is 240 g/mol. The molecule has 1 rings (SSSR count). The molecule has 0 spiro atoms. The first-order valence-corrected chi connectivity index (χ1v) is 4.23. The molecule has 0 aromatic heterocycles. The number of nitrogens with zero attached hydrogens (tertiary/aromatic N) is 1. The Morgan fingerprint density at radius 2 is 2.31 bits per heavy atom. The summed E-state index contributed by atoms with van der Waals surface area (Å²) in [6.07, 6.45) is 0. The summed E-state index contributed by atoms with van der Waals surface area (Å²) in [4.78, 5) is 14.4. The molecule has 0 radical (unpaired) electrons. The van der Waals surface area contributed by atoms with Gasteiger partial charge in [-0.05, 0) is 6.07 Å². The first-order chi connectivity index (χ1) is 6.19. The molecule has 66 valence electrons. The molecular weight excluding hydrogens is 234 g/mol. The van der Waals surface area contributed by atoms with Crippen LogP contribution in [0.1, 0.15) is 10.4 Å². The zero-order chi connectivity index (χ0) is 9.84. The lowest BCUT2D eigenvalue weighted by Crippen LogP contribution is -2.00. The van der Waals surface area contributed by atoms with Crippen molar-refractivity contribution in [1.29, 1.82) is 0 Å². The topological polar surface area (TPSA) is 30.7 Å². The Kier molecular flexibility index (Phi) is 3.04. The van der Waals surface area contributed by atoms with E-state index in [0.29, 0.717) is 5.69 Å². The van der Waals surface area contributed by atoms with Crippen LogP contribution >= 0.6 is 15.9 Å². The number of methoxy groups -OCH3 is 1. The maximum Gasteiger partial charge on any atom is 0.327 e. The van der Waals surface area contributed by atoms with Gasteiger partial charge in [0.1, 0.15) is 0 Å². The number of esters is 1. The monoisotopic (exact) mass is 239 g/mol. The Labute approximate surface area is 84.3 Å². The number of hydrogen-bond acceptors (Lipinski definition) is 2. The molecule has 0 aliphatic carbocycles. The molecule has 0 aliphatic heterocycles. The molecule has 0 amide bonds. The number of ether oxygens (including phenoxy) is 1. The van der Waals surface area contributed by atoms with Gasteiger partial charge in [0.15, 0.2) is 0 Å². The van der Waals surface area contributed by atoms with E-state index < -0.39 is 5.97 Å². The van der Waals surface area contributed by atoms with Gasteiger partial charge < -0.3 is 4.74 Å². The summed E-state index contributed by atoms with van der Waals surface area (Å²) in [7, 11) is 1.29. The summed E-state index contributed by atoms with van der Waals surface area (Å²) in [5.41, 5.74) is 0.585. The van der Waals surface area contributed by atoms with Crippen LogP contribution in [0.4, 0.5) is 5.69 Å². The lowest BCUT2D eigenvalue weighted by atomic mass is 10.2. The molecule has 13 heavy (non-hydrogen) atoms. The number of carbonyl (C=O) groups excluding carboxylic acids is 1. The van der Waals surface area contributed by atoms with Crippen LogP contribution < -0.4 is 0 Å². The van der Waals surface area contributed by atoms with E-state index in [9.17, 15) is 4.79 Å². The molecule has 1 aromatic carbocycles. The Hall–Kier alpha value is -1.34. The highest BCUT2D eigenvalue weighted by molar-refractivity contribution is 9.10. The van der Waals surface area contributed by atoms with Gasteiger partial charge in [-0.2, -0.15) is 0 Å². The zero-order valence-electron chi connectivity index (χ0n) is 6.87. The zero-order valence-corrected chi connectivity index (χ0v) is 8.46. The van der Waals surface area contributed by atoms with Gasteiger partial charge in [0.2, 0.25) is 5.69 Å². The second-order valence-corrected chi connectivity index (χ2v) is 3.18. The van der Waals surface area contributed by atoms with Gasteiger partial charge in [0.25, 0.3) is 0 Å². The molecule has 0 atom stereocenters. The molecule has 0 aliphatic rings. The lowest BCUT2D eigenvalue weighted by molar-refractivity contribution is 0.0602. The molecule has 0 bridgehead atoms. The minimum Gasteiger partial charge on any atom is -0.466 e. The SMILES string of the molecule is [C-]#[N+]c1ccc(Br)cc1C(=O)OC. The highest BCUT2D eigenvalue weighted by atomic mass is 79.9. The van der Waals surface area contributed by atoms with Crippen molar-refractivity contribution < 1.29 is 9.53 Å². The molecule has 0 unspecified atom stereocenters. The molecule has 0 saturated heterocycles. The third kappa shape index (κ3) is 2.07. The van der Waals surface area contributed by atoms with E-state index >= 15 is 0 Å². The highest BCUT2D eigenvalue weighted by Crippen LogP contribution is 2.23. The van der Waals surface area contributed by atoms with E-state index in [1.165, 1.54) is 7.11 Å². The average Bonchev–Trinajstić information content (AvgIpc) is 2.16. The fourth-order valence-electron chi connectivity index (χ4n) is 0.879. The van der Waals surface area contributed by atoms with Crippen LogP contribution in [0.15, 0.2) is 22.7 Å². The maximum atomic E-state index is 11.2. The maximum absolute atomic E-state index is 11.2. The third-order valence-corrected chi connectivity index (χ3v) is 1.98. The Morgan fingerprint density at radius 1 is 1.62 bits per heavy atom. The minimum absolute atomic E-state index is 0.284. The summed E-state index contributed by atoms with van der Waals surface area (Å²) in [5, 5.41) is 0. The first kappa shape index (κ1) is 9.75. The van der Waals surface area contributed by atoms with Crippen molar-refractivity contribution in [3.05, 3.63) is 39.7 Å². The predicted molar refractivity (Wildman–Crippen MR) is 51.7 cm³/mol. The summed E-state index contributed by atoms with van der Waals surface area (Å²) < 4.78 is 5.28. The van der Waals surface area contributed by atoms with Crippen molar-refractivity contribution in [3.63, 3.8) is 0 Å². The smallest absolute Gasteiger partial charge is 0.327 e. The predicted octanol–water partition coefficient (Wildman–Crippen LogP) is 2.79. The lowest BCUT2D eigenvalue weighted by Gasteiger charge is -2.01. The van der Waals surface area contributed by atoms with Gasteiger partial charge in [0, 0.05) is 4.47 Å². The van der Waals surface area contributed by atoms with Crippen LogP contribution in [0.5, 0.6) is 0 Å². The summed E-state index contributed by atoms with van der Waals surface area (Å²) in [6, 6.07) is 4.85. The summed E-state index contributed by atoms with van der Waals surface area (Å²) in [6.45, 7) is 6.83. The molecule has 0 saturated carbocycles. The van der Waals surface area contributed by atoms with E-state index in [-0.39, 0.29) is 5.56 Å². The third-order valence-electron chi connectivity index (χ3n) is 1.48. The normalized spacial score (nSPS) is 9.00. The van der Waals surface area contributed by atoms with Gasteiger partial charge >= 0.3 is 5.97 Å².